The minimum absolute atomic E-state index is 0.190. The molecule has 2 N–H and O–H groups in total. The Balaban J connectivity index is 1.89. The van der Waals surface area contributed by atoms with Crippen LogP contribution in [-0.4, -0.2) is 11.8 Å². The number of amides is 2. The lowest BCUT2D eigenvalue weighted by atomic mass is 10.1. The molecule has 4 nitrogen and oxygen atoms in total. The Morgan fingerprint density at radius 1 is 0.806 bits per heavy atom. The van der Waals surface area contributed by atoms with Crippen LogP contribution in [0, 0.1) is 19.7 Å². The van der Waals surface area contributed by atoms with Crippen LogP contribution in [0.15, 0.2) is 60.7 Å². The van der Waals surface area contributed by atoms with E-state index in [2.05, 4.69) is 10.6 Å². The van der Waals surface area contributed by atoms with Crippen LogP contribution in [-0.2, 0) is 6.18 Å². The van der Waals surface area contributed by atoms with Crippen LogP contribution in [0.25, 0.3) is 0 Å². The van der Waals surface area contributed by atoms with Gasteiger partial charge < -0.3 is 10.6 Å². The lowest BCUT2D eigenvalue weighted by Gasteiger charge is -2.16. The number of hydrogen-bond donors (Lipinski definition) is 2. The molecule has 0 bridgehead atoms. The summed E-state index contributed by atoms with van der Waals surface area (Å²) in [4.78, 5) is 24.7. The van der Waals surface area contributed by atoms with E-state index in [4.69, 9.17) is 0 Å². The molecular weight excluding hydrogens is 412 g/mol. The van der Waals surface area contributed by atoms with Gasteiger partial charge in [0.15, 0.2) is 0 Å². The molecule has 2 amide bonds. The van der Waals surface area contributed by atoms with Gasteiger partial charge in [-0.05, 0) is 56.3 Å². The van der Waals surface area contributed by atoms with Crippen LogP contribution < -0.4 is 10.6 Å². The predicted molar refractivity (Wildman–Crippen MR) is 110 cm³/mol. The fourth-order valence-electron chi connectivity index (χ4n) is 3.11. The molecule has 0 saturated heterocycles. The van der Waals surface area contributed by atoms with Gasteiger partial charge in [0.2, 0.25) is 0 Å². The number of hydrogen-bond acceptors (Lipinski definition) is 2. The first kappa shape index (κ1) is 22.0. The summed E-state index contributed by atoms with van der Waals surface area (Å²) in [6, 6.07) is 13.0. The second-order valence-corrected chi connectivity index (χ2v) is 7.02. The van der Waals surface area contributed by atoms with Gasteiger partial charge in [-0.25, -0.2) is 4.39 Å². The summed E-state index contributed by atoms with van der Waals surface area (Å²) in [6.45, 7) is 3.55. The third-order valence-electron chi connectivity index (χ3n) is 4.43. The second kappa shape index (κ2) is 8.59. The first-order valence-electron chi connectivity index (χ1n) is 9.21. The zero-order valence-electron chi connectivity index (χ0n) is 16.6. The quantitative estimate of drug-likeness (QED) is 0.502. The van der Waals surface area contributed by atoms with Gasteiger partial charge in [-0.1, -0.05) is 29.3 Å². The van der Waals surface area contributed by atoms with Crippen molar-refractivity contribution in [3.8, 4) is 0 Å². The molecule has 0 atom stereocenters. The minimum Gasteiger partial charge on any atom is -0.322 e. The van der Waals surface area contributed by atoms with Gasteiger partial charge in [0.05, 0.1) is 16.8 Å². The Kier molecular flexibility index (Phi) is 6.10. The summed E-state index contributed by atoms with van der Waals surface area (Å²) < 4.78 is 54.6. The Morgan fingerprint density at radius 3 is 2.06 bits per heavy atom. The molecule has 0 aliphatic heterocycles. The fourth-order valence-corrected chi connectivity index (χ4v) is 3.11. The topological polar surface area (TPSA) is 58.2 Å². The lowest BCUT2D eigenvalue weighted by molar-refractivity contribution is -0.136. The van der Waals surface area contributed by atoms with Crippen LogP contribution >= 0.6 is 0 Å². The van der Waals surface area contributed by atoms with Crippen molar-refractivity contribution in [2.24, 2.45) is 0 Å². The van der Waals surface area contributed by atoms with Crippen LogP contribution in [0.1, 0.15) is 37.4 Å². The molecule has 0 aromatic heterocycles. The van der Waals surface area contributed by atoms with Crippen molar-refractivity contribution in [1.82, 2.24) is 0 Å². The number of carbonyl (C=O) groups is 2. The van der Waals surface area contributed by atoms with E-state index in [1.54, 1.807) is 26.0 Å². The number of alkyl halides is 3. The number of aryl methyl sites for hydroxylation is 2. The van der Waals surface area contributed by atoms with Gasteiger partial charge in [0, 0.05) is 11.3 Å². The van der Waals surface area contributed by atoms with Crippen molar-refractivity contribution < 1.29 is 27.2 Å². The number of carbonyl (C=O) groups excluding carboxylic acids is 2. The number of anilines is 2. The van der Waals surface area contributed by atoms with Gasteiger partial charge in [-0.15, -0.1) is 0 Å². The van der Waals surface area contributed by atoms with Crippen molar-refractivity contribution in [2.45, 2.75) is 20.0 Å². The van der Waals surface area contributed by atoms with Crippen molar-refractivity contribution in [3.63, 3.8) is 0 Å². The largest absolute Gasteiger partial charge is 0.418 e. The van der Waals surface area contributed by atoms with E-state index in [9.17, 15) is 27.2 Å². The molecule has 0 spiro atoms. The van der Waals surface area contributed by atoms with Crippen molar-refractivity contribution in [3.05, 3.63) is 94.3 Å². The van der Waals surface area contributed by atoms with Crippen molar-refractivity contribution in [2.75, 3.05) is 10.6 Å². The van der Waals surface area contributed by atoms with Crippen LogP contribution in [0.2, 0.25) is 0 Å². The monoisotopic (exact) mass is 430 g/mol. The average Bonchev–Trinajstić information content (AvgIpc) is 2.67. The summed E-state index contributed by atoms with van der Waals surface area (Å²) in [6.07, 6.45) is -4.80. The fraction of sp³-hybridized carbons (Fsp3) is 0.130. The first-order valence-corrected chi connectivity index (χ1v) is 9.21. The third-order valence-corrected chi connectivity index (χ3v) is 4.43. The Hall–Kier alpha value is -3.68. The van der Waals surface area contributed by atoms with E-state index in [0.717, 1.165) is 23.3 Å². The highest BCUT2D eigenvalue weighted by atomic mass is 19.4. The highest BCUT2D eigenvalue weighted by Gasteiger charge is 2.34. The maximum absolute atomic E-state index is 13.7. The molecule has 0 heterocycles. The third kappa shape index (κ3) is 5.28. The second-order valence-electron chi connectivity index (χ2n) is 7.02. The van der Waals surface area contributed by atoms with E-state index in [-0.39, 0.29) is 16.8 Å². The molecule has 3 aromatic carbocycles. The van der Waals surface area contributed by atoms with Gasteiger partial charge in [0.1, 0.15) is 5.82 Å². The zero-order valence-corrected chi connectivity index (χ0v) is 16.6. The van der Waals surface area contributed by atoms with Crippen LogP contribution in [0.3, 0.4) is 0 Å². The molecule has 0 unspecified atom stereocenters. The van der Waals surface area contributed by atoms with Gasteiger partial charge in [-0.2, -0.15) is 13.2 Å². The SMILES string of the molecule is Cc1cc(C)cc(C(=O)Nc2ccc(NC(=O)c3ccccc3F)cc2C(F)(F)F)c1. The number of rotatable bonds is 4. The molecule has 0 radical (unpaired) electrons. The van der Waals surface area contributed by atoms with Gasteiger partial charge in [0.25, 0.3) is 11.8 Å². The van der Waals surface area contributed by atoms with Gasteiger partial charge in [-0.3, -0.25) is 9.59 Å². The normalized spacial score (nSPS) is 11.2. The molecule has 31 heavy (non-hydrogen) atoms. The molecule has 160 valence electrons. The zero-order chi connectivity index (χ0) is 22.8. The molecular formula is C23H18F4N2O2. The number of nitrogens with one attached hydrogen (secondary N) is 2. The standard InChI is InChI=1S/C23H18F4N2O2/c1-13-9-14(2)11-15(10-13)21(30)29-20-8-7-16(12-18(20)23(25,26)27)28-22(31)17-5-3-4-6-19(17)24/h3-12H,1-2H3,(H,28,31)(H,29,30). The Bertz CT molecular complexity index is 1140. The predicted octanol–water partition coefficient (Wildman–Crippen LogP) is 5.97. The van der Waals surface area contributed by atoms with E-state index in [1.807, 2.05) is 6.07 Å². The first-order chi connectivity index (χ1) is 14.5. The maximum atomic E-state index is 13.7. The molecule has 0 aliphatic carbocycles. The van der Waals surface area contributed by atoms with E-state index < -0.39 is 35.1 Å². The molecule has 0 fully saturated rings. The van der Waals surface area contributed by atoms with Gasteiger partial charge >= 0.3 is 6.18 Å². The van der Waals surface area contributed by atoms with Crippen LogP contribution in [0.5, 0.6) is 0 Å². The highest BCUT2D eigenvalue weighted by Crippen LogP contribution is 2.37. The summed E-state index contributed by atoms with van der Waals surface area (Å²) in [5, 5.41) is 4.52. The summed E-state index contributed by atoms with van der Waals surface area (Å²) >= 11 is 0. The minimum atomic E-state index is -4.80. The Labute approximate surface area is 175 Å². The molecule has 3 rings (SSSR count). The van der Waals surface area contributed by atoms with Crippen LogP contribution in [0.4, 0.5) is 28.9 Å². The van der Waals surface area contributed by atoms with E-state index in [1.165, 1.54) is 24.3 Å². The molecule has 0 aliphatic rings. The Morgan fingerprint density at radius 2 is 1.45 bits per heavy atom. The summed E-state index contributed by atoms with van der Waals surface area (Å²) in [5.74, 6) is -2.38. The maximum Gasteiger partial charge on any atom is 0.418 e. The van der Waals surface area contributed by atoms with E-state index >= 15 is 0 Å². The highest BCUT2D eigenvalue weighted by molar-refractivity contribution is 6.06. The number of benzene rings is 3. The summed E-state index contributed by atoms with van der Waals surface area (Å²) in [7, 11) is 0. The molecule has 8 heteroatoms. The van der Waals surface area contributed by atoms with E-state index in [0.29, 0.717) is 6.07 Å². The summed E-state index contributed by atoms with van der Waals surface area (Å²) in [5.41, 5.74) is -0.271. The average molecular weight is 430 g/mol. The van der Waals surface area contributed by atoms with Crippen molar-refractivity contribution >= 4 is 23.2 Å². The molecule has 3 aromatic rings. The molecule has 0 saturated carbocycles. The van der Waals surface area contributed by atoms with Crippen molar-refractivity contribution in [1.29, 1.82) is 0 Å². The number of halogens is 4. The smallest absolute Gasteiger partial charge is 0.322 e. The lowest BCUT2D eigenvalue weighted by Crippen LogP contribution is -2.18.